The second kappa shape index (κ2) is 5.25. The summed E-state index contributed by atoms with van der Waals surface area (Å²) in [6, 6.07) is 1.49. The van der Waals surface area contributed by atoms with Crippen LogP contribution in [-0.2, 0) is 11.2 Å². The highest BCUT2D eigenvalue weighted by Crippen LogP contribution is 2.26. The third kappa shape index (κ3) is 3.02. The maximum atomic E-state index is 14.0. The maximum Gasteiger partial charge on any atom is 0.303 e. The molecular formula is C13H16F2O2. The Kier molecular flexibility index (Phi) is 4.21. The summed E-state index contributed by atoms with van der Waals surface area (Å²) >= 11 is 0. The van der Waals surface area contributed by atoms with Crippen molar-refractivity contribution in [1.29, 1.82) is 0 Å². The molecule has 0 aromatic heterocycles. The van der Waals surface area contributed by atoms with Crippen LogP contribution in [-0.4, -0.2) is 11.1 Å². The van der Waals surface area contributed by atoms with E-state index in [1.54, 1.807) is 6.92 Å². The highest BCUT2D eigenvalue weighted by Gasteiger charge is 2.18. The van der Waals surface area contributed by atoms with Crippen LogP contribution in [0, 0.1) is 18.6 Å². The Labute approximate surface area is 99.3 Å². The quantitative estimate of drug-likeness (QED) is 0.878. The molecule has 0 aliphatic carbocycles. The normalized spacial score (nSPS) is 10.9. The van der Waals surface area contributed by atoms with E-state index in [0.717, 1.165) is 0 Å². The van der Waals surface area contributed by atoms with E-state index in [1.807, 2.05) is 13.8 Å². The summed E-state index contributed by atoms with van der Waals surface area (Å²) in [7, 11) is 0. The number of benzene rings is 1. The van der Waals surface area contributed by atoms with Crippen LogP contribution in [0.25, 0.3) is 0 Å². The topological polar surface area (TPSA) is 37.3 Å². The van der Waals surface area contributed by atoms with Gasteiger partial charge >= 0.3 is 5.97 Å². The van der Waals surface area contributed by atoms with Crippen molar-refractivity contribution in [2.75, 3.05) is 0 Å². The van der Waals surface area contributed by atoms with Crippen molar-refractivity contribution in [2.24, 2.45) is 0 Å². The molecular weight excluding hydrogens is 226 g/mol. The minimum Gasteiger partial charge on any atom is -0.481 e. The van der Waals surface area contributed by atoms with Gasteiger partial charge in [-0.25, -0.2) is 8.78 Å². The fourth-order valence-electron chi connectivity index (χ4n) is 1.74. The van der Waals surface area contributed by atoms with Gasteiger partial charge in [-0.15, -0.1) is 0 Å². The van der Waals surface area contributed by atoms with Crippen molar-refractivity contribution in [2.45, 2.75) is 39.5 Å². The lowest BCUT2D eigenvalue weighted by Crippen LogP contribution is -2.07. The van der Waals surface area contributed by atoms with Gasteiger partial charge in [0.2, 0.25) is 0 Å². The molecule has 0 amide bonds. The first-order chi connectivity index (χ1) is 7.84. The number of carboxylic acids is 1. The van der Waals surface area contributed by atoms with Gasteiger partial charge in [0.05, 0.1) is 0 Å². The lowest BCUT2D eigenvalue weighted by Gasteiger charge is -2.14. The molecule has 0 spiro atoms. The second-order valence-electron chi connectivity index (χ2n) is 4.44. The van der Waals surface area contributed by atoms with Crippen molar-refractivity contribution >= 4 is 5.97 Å². The lowest BCUT2D eigenvalue weighted by molar-refractivity contribution is -0.136. The Bertz CT molecular complexity index is 440. The number of aryl methyl sites for hydroxylation is 1. The number of hydrogen-bond donors (Lipinski definition) is 1. The van der Waals surface area contributed by atoms with Gasteiger partial charge in [-0.2, -0.15) is 0 Å². The molecule has 2 nitrogen and oxygen atoms in total. The summed E-state index contributed by atoms with van der Waals surface area (Å²) in [5.41, 5.74) is 0.677. The van der Waals surface area contributed by atoms with E-state index in [9.17, 15) is 13.6 Å². The molecule has 1 aromatic rings. The second-order valence-corrected chi connectivity index (χ2v) is 4.44. The van der Waals surface area contributed by atoms with Gasteiger partial charge in [-0.3, -0.25) is 4.79 Å². The highest BCUT2D eigenvalue weighted by molar-refractivity contribution is 5.67. The van der Waals surface area contributed by atoms with Gasteiger partial charge in [-0.1, -0.05) is 13.8 Å². The Hall–Kier alpha value is -1.45. The van der Waals surface area contributed by atoms with Crippen LogP contribution in [0.5, 0.6) is 0 Å². The Morgan fingerprint density at radius 1 is 1.35 bits per heavy atom. The van der Waals surface area contributed by atoms with E-state index in [0.29, 0.717) is 11.1 Å². The van der Waals surface area contributed by atoms with Crippen molar-refractivity contribution in [1.82, 2.24) is 0 Å². The molecule has 0 atom stereocenters. The maximum absolute atomic E-state index is 14.0. The largest absolute Gasteiger partial charge is 0.481 e. The molecule has 1 rings (SSSR count). The average Bonchev–Trinajstić information content (AvgIpc) is 2.22. The SMILES string of the molecule is Cc1cc(C(C)C)c(F)c(CCC(=O)O)c1F. The number of rotatable bonds is 4. The molecule has 0 radical (unpaired) electrons. The van der Waals surface area contributed by atoms with Crippen molar-refractivity contribution in [3.63, 3.8) is 0 Å². The van der Waals surface area contributed by atoms with Crippen LogP contribution in [0.2, 0.25) is 0 Å². The van der Waals surface area contributed by atoms with Gasteiger partial charge in [-0.05, 0) is 36.5 Å². The Morgan fingerprint density at radius 3 is 2.41 bits per heavy atom. The Morgan fingerprint density at radius 2 is 1.94 bits per heavy atom. The number of hydrogen-bond acceptors (Lipinski definition) is 1. The smallest absolute Gasteiger partial charge is 0.303 e. The molecule has 0 fully saturated rings. The van der Waals surface area contributed by atoms with Gasteiger partial charge in [0.15, 0.2) is 0 Å². The van der Waals surface area contributed by atoms with Crippen LogP contribution in [0.3, 0.4) is 0 Å². The molecule has 0 aliphatic heterocycles. The number of halogens is 2. The third-order valence-corrected chi connectivity index (χ3v) is 2.71. The van der Waals surface area contributed by atoms with Gasteiger partial charge in [0.1, 0.15) is 11.6 Å². The highest BCUT2D eigenvalue weighted by atomic mass is 19.1. The Balaban J connectivity index is 3.21. The van der Waals surface area contributed by atoms with Crippen molar-refractivity contribution in [3.05, 3.63) is 34.4 Å². The van der Waals surface area contributed by atoms with E-state index < -0.39 is 17.6 Å². The molecule has 4 heteroatoms. The van der Waals surface area contributed by atoms with Crippen molar-refractivity contribution in [3.8, 4) is 0 Å². The summed E-state index contributed by atoms with van der Waals surface area (Å²) < 4.78 is 27.7. The average molecular weight is 242 g/mol. The number of aliphatic carboxylic acids is 1. The molecule has 0 saturated carbocycles. The first kappa shape index (κ1) is 13.6. The summed E-state index contributed by atoms with van der Waals surface area (Å²) in [6.07, 6.45) is -0.386. The fourth-order valence-corrected chi connectivity index (χ4v) is 1.74. The van der Waals surface area contributed by atoms with Gasteiger partial charge < -0.3 is 5.11 Å². The standard InChI is InChI=1S/C13H16F2O2/c1-7(2)10-6-8(3)12(14)9(13(10)15)4-5-11(16)17/h6-7H,4-5H2,1-3H3,(H,16,17). The van der Waals surface area contributed by atoms with E-state index in [-0.39, 0.29) is 24.3 Å². The molecule has 0 saturated heterocycles. The molecule has 0 aliphatic rings. The minimum absolute atomic E-state index is 0.0575. The van der Waals surface area contributed by atoms with Crippen LogP contribution in [0.1, 0.15) is 42.9 Å². The summed E-state index contributed by atoms with van der Waals surface area (Å²) in [6.45, 7) is 5.19. The monoisotopic (exact) mass is 242 g/mol. The van der Waals surface area contributed by atoms with E-state index >= 15 is 0 Å². The predicted octanol–water partition coefficient (Wildman–Crippen LogP) is 3.41. The van der Waals surface area contributed by atoms with E-state index in [4.69, 9.17) is 5.11 Å². The molecule has 1 aromatic carbocycles. The van der Waals surface area contributed by atoms with E-state index in [2.05, 4.69) is 0 Å². The zero-order valence-corrected chi connectivity index (χ0v) is 10.2. The summed E-state index contributed by atoms with van der Waals surface area (Å²) in [5.74, 6) is -2.35. The number of carbonyl (C=O) groups is 1. The molecule has 0 heterocycles. The van der Waals surface area contributed by atoms with Crippen LogP contribution in [0.15, 0.2) is 6.07 Å². The molecule has 0 unspecified atom stereocenters. The summed E-state index contributed by atoms with van der Waals surface area (Å²) in [5, 5.41) is 8.56. The van der Waals surface area contributed by atoms with Crippen molar-refractivity contribution < 1.29 is 18.7 Å². The van der Waals surface area contributed by atoms with Crippen LogP contribution in [0.4, 0.5) is 8.78 Å². The molecule has 94 valence electrons. The number of carboxylic acid groups (broad SMARTS) is 1. The van der Waals surface area contributed by atoms with Gasteiger partial charge in [0.25, 0.3) is 0 Å². The van der Waals surface area contributed by atoms with E-state index in [1.165, 1.54) is 6.07 Å². The molecule has 17 heavy (non-hydrogen) atoms. The third-order valence-electron chi connectivity index (χ3n) is 2.71. The zero-order valence-electron chi connectivity index (χ0n) is 10.2. The first-order valence-electron chi connectivity index (χ1n) is 5.53. The van der Waals surface area contributed by atoms with Crippen LogP contribution >= 0.6 is 0 Å². The predicted molar refractivity (Wildman–Crippen MR) is 61.1 cm³/mol. The molecule has 1 N–H and O–H groups in total. The molecule has 0 bridgehead atoms. The zero-order chi connectivity index (χ0) is 13.2. The van der Waals surface area contributed by atoms with Crippen LogP contribution < -0.4 is 0 Å². The fraction of sp³-hybridized carbons (Fsp3) is 0.462. The summed E-state index contributed by atoms with van der Waals surface area (Å²) in [4.78, 5) is 10.5. The lowest BCUT2D eigenvalue weighted by atomic mass is 9.94. The first-order valence-corrected chi connectivity index (χ1v) is 5.53. The minimum atomic E-state index is -1.06. The van der Waals surface area contributed by atoms with Gasteiger partial charge in [0, 0.05) is 12.0 Å².